The van der Waals surface area contributed by atoms with Crippen LogP contribution in [0.1, 0.15) is 24.0 Å². The highest BCUT2D eigenvalue weighted by molar-refractivity contribution is 5.20. The molecule has 0 bridgehead atoms. The predicted octanol–water partition coefficient (Wildman–Crippen LogP) is 2.69. The van der Waals surface area contributed by atoms with Gasteiger partial charge in [-0.05, 0) is 32.1 Å². The largest absolute Gasteiger partial charge is 0.463 e. The van der Waals surface area contributed by atoms with Gasteiger partial charge >= 0.3 is 6.18 Å². The second-order valence-electron chi connectivity index (χ2n) is 4.27. The van der Waals surface area contributed by atoms with Crippen molar-refractivity contribution >= 4 is 0 Å². The Hall–Kier alpha value is -1.01. The van der Waals surface area contributed by atoms with Gasteiger partial charge in [0.2, 0.25) is 0 Å². The normalized spacial score (nSPS) is 12.4. The van der Waals surface area contributed by atoms with Crippen LogP contribution in [0.3, 0.4) is 0 Å². The maximum atomic E-state index is 12.3. The van der Waals surface area contributed by atoms with E-state index in [9.17, 15) is 13.2 Å². The molecule has 1 heterocycles. The van der Waals surface area contributed by atoms with Gasteiger partial charge in [-0.1, -0.05) is 6.92 Å². The summed E-state index contributed by atoms with van der Waals surface area (Å²) >= 11 is 0. The molecule has 1 N–H and O–H groups in total. The maximum Gasteiger partial charge on any atom is 0.401 e. The van der Waals surface area contributed by atoms with Crippen molar-refractivity contribution in [2.45, 2.75) is 33.1 Å². The van der Waals surface area contributed by atoms with Crippen LogP contribution < -0.4 is 5.32 Å². The van der Waals surface area contributed by atoms with Crippen LogP contribution in [0.25, 0.3) is 0 Å². The zero-order chi connectivity index (χ0) is 13.8. The molecule has 0 aliphatic carbocycles. The van der Waals surface area contributed by atoms with Crippen LogP contribution in [0.5, 0.6) is 0 Å². The van der Waals surface area contributed by atoms with E-state index in [1.807, 2.05) is 6.92 Å². The van der Waals surface area contributed by atoms with Gasteiger partial charge in [0, 0.05) is 0 Å². The minimum Gasteiger partial charge on any atom is -0.463 e. The predicted molar refractivity (Wildman–Crippen MR) is 63.2 cm³/mol. The smallest absolute Gasteiger partial charge is 0.401 e. The van der Waals surface area contributed by atoms with Gasteiger partial charge in [0.25, 0.3) is 0 Å². The molecular weight excluding hydrogens is 245 g/mol. The molecule has 0 aliphatic heterocycles. The fraction of sp³-hybridized carbons (Fsp3) is 0.667. The van der Waals surface area contributed by atoms with Crippen LogP contribution >= 0.6 is 0 Å². The lowest BCUT2D eigenvalue weighted by atomic mass is 10.2. The summed E-state index contributed by atoms with van der Waals surface area (Å²) in [5.74, 6) is 1.35. The summed E-state index contributed by atoms with van der Waals surface area (Å²) in [5.41, 5.74) is 0.961. The number of rotatable bonds is 6. The van der Waals surface area contributed by atoms with Gasteiger partial charge in [0.1, 0.15) is 11.5 Å². The first-order valence-corrected chi connectivity index (χ1v) is 5.87. The number of hydrogen-bond donors (Lipinski definition) is 1. The molecule has 0 fully saturated rings. The molecular formula is C12H19F3N2O. The molecule has 1 rings (SSSR count). The third kappa shape index (κ3) is 4.70. The van der Waals surface area contributed by atoms with E-state index in [0.29, 0.717) is 18.8 Å². The van der Waals surface area contributed by atoms with E-state index in [-0.39, 0.29) is 6.54 Å². The molecule has 6 heteroatoms. The SMILES string of the molecule is CCN(Cc1cc(C)c(CNC)o1)CC(F)(F)F. The molecule has 104 valence electrons. The van der Waals surface area contributed by atoms with Crippen molar-refractivity contribution in [3.05, 3.63) is 23.2 Å². The van der Waals surface area contributed by atoms with Gasteiger partial charge in [-0.15, -0.1) is 0 Å². The number of furan rings is 1. The van der Waals surface area contributed by atoms with Crippen LogP contribution in [0.15, 0.2) is 10.5 Å². The molecule has 3 nitrogen and oxygen atoms in total. The van der Waals surface area contributed by atoms with Gasteiger partial charge in [0.05, 0.1) is 19.6 Å². The zero-order valence-corrected chi connectivity index (χ0v) is 10.9. The monoisotopic (exact) mass is 264 g/mol. The average Bonchev–Trinajstić information content (AvgIpc) is 2.57. The van der Waals surface area contributed by atoms with E-state index >= 15 is 0 Å². The van der Waals surface area contributed by atoms with Crippen molar-refractivity contribution < 1.29 is 17.6 Å². The lowest BCUT2D eigenvalue weighted by Gasteiger charge is -2.20. The number of aryl methyl sites for hydroxylation is 1. The van der Waals surface area contributed by atoms with E-state index in [0.717, 1.165) is 11.3 Å². The van der Waals surface area contributed by atoms with Crippen molar-refractivity contribution in [1.82, 2.24) is 10.2 Å². The molecule has 0 unspecified atom stereocenters. The van der Waals surface area contributed by atoms with Crippen molar-refractivity contribution in [2.24, 2.45) is 0 Å². The van der Waals surface area contributed by atoms with E-state index in [1.165, 1.54) is 4.90 Å². The van der Waals surface area contributed by atoms with Gasteiger partial charge in [-0.2, -0.15) is 13.2 Å². The summed E-state index contributed by atoms with van der Waals surface area (Å²) in [6.07, 6.45) is -4.18. The topological polar surface area (TPSA) is 28.4 Å². The standard InChI is InChI=1S/C12H19F3N2O/c1-4-17(8-12(13,14)15)7-10-5-9(2)11(18-10)6-16-3/h5,16H,4,6-8H2,1-3H3. The first-order chi connectivity index (χ1) is 8.35. The Labute approximate surface area is 105 Å². The van der Waals surface area contributed by atoms with Crippen LogP contribution in [-0.2, 0) is 13.1 Å². The summed E-state index contributed by atoms with van der Waals surface area (Å²) < 4.78 is 42.5. The van der Waals surface area contributed by atoms with E-state index in [1.54, 1.807) is 20.0 Å². The number of nitrogens with zero attached hydrogens (tertiary/aromatic N) is 1. The molecule has 0 radical (unpaired) electrons. The van der Waals surface area contributed by atoms with Crippen LogP contribution in [-0.4, -0.2) is 31.2 Å². The molecule has 18 heavy (non-hydrogen) atoms. The summed E-state index contributed by atoms with van der Waals surface area (Å²) in [6.45, 7) is 3.78. The summed E-state index contributed by atoms with van der Waals surface area (Å²) in [6, 6.07) is 1.80. The lowest BCUT2D eigenvalue weighted by Crippen LogP contribution is -2.33. The summed E-state index contributed by atoms with van der Waals surface area (Å²) in [4.78, 5) is 1.31. The quantitative estimate of drug-likeness (QED) is 0.856. The van der Waals surface area contributed by atoms with Crippen molar-refractivity contribution in [3.63, 3.8) is 0 Å². The highest BCUT2D eigenvalue weighted by Gasteiger charge is 2.30. The first kappa shape index (κ1) is 15.0. The molecule has 1 aromatic heterocycles. The minimum absolute atomic E-state index is 0.181. The van der Waals surface area contributed by atoms with Crippen LogP contribution in [0.2, 0.25) is 0 Å². The van der Waals surface area contributed by atoms with E-state index in [4.69, 9.17) is 4.42 Å². The second-order valence-corrected chi connectivity index (χ2v) is 4.27. The molecule has 0 aromatic carbocycles. The number of nitrogens with one attached hydrogen (secondary N) is 1. The first-order valence-electron chi connectivity index (χ1n) is 5.87. The third-order valence-corrected chi connectivity index (χ3v) is 2.64. The Morgan fingerprint density at radius 1 is 1.39 bits per heavy atom. The lowest BCUT2D eigenvalue weighted by molar-refractivity contribution is -0.147. The van der Waals surface area contributed by atoms with Crippen molar-refractivity contribution in [3.8, 4) is 0 Å². The van der Waals surface area contributed by atoms with Crippen LogP contribution in [0, 0.1) is 6.92 Å². The molecule has 1 aromatic rings. The highest BCUT2D eigenvalue weighted by atomic mass is 19.4. The van der Waals surface area contributed by atoms with Crippen molar-refractivity contribution in [2.75, 3.05) is 20.1 Å². The highest BCUT2D eigenvalue weighted by Crippen LogP contribution is 2.20. The molecule has 0 spiro atoms. The Kier molecular flexibility index (Phi) is 5.22. The maximum absolute atomic E-state index is 12.3. The molecule has 0 saturated heterocycles. The summed E-state index contributed by atoms with van der Waals surface area (Å²) in [7, 11) is 1.80. The minimum atomic E-state index is -4.18. The van der Waals surface area contributed by atoms with E-state index < -0.39 is 12.7 Å². The number of alkyl halides is 3. The third-order valence-electron chi connectivity index (χ3n) is 2.64. The Morgan fingerprint density at radius 3 is 2.56 bits per heavy atom. The fourth-order valence-electron chi connectivity index (χ4n) is 1.76. The molecule has 0 amide bonds. The van der Waals surface area contributed by atoms with Gasteiger partial charge in [0.15, 0.2) is 0 Å². The summed E-state index contributed by atoms with van der Waals surface area (Å²) in [5, 5.41) is 2.96. The molecule has 0 saturated carbocycles. The van der Waals surface area contributed by atoms with Crippen LogP contribution in [0.4, 0.5) is 13.2 Å². The van der Waals surface area contributed by atoms with Crippen molar-refractivity contribution in [1.29, 1.82) is 0 Å². The average molecular weight is 264 g/mol. The number of hydrogen-bond acceptors (Lipinski definition) is 3. The Morgan fingerprint density at radius 2 is 2.06 bits per heavy atom. The molecule has 0 atom stereocenters. The Balaban J connectivity index is 2.67. The molecule has 0 aliphatic rings. The van der Waals surface area contributed by atoms with E-state index in [2.05, 4.69) is 5.32 Å². The van der Waals surface area contributed by atoms with Gasteiger partial charge in [-0.25, -0.2) is 0 Å². The van der Waals surface area contributed by atoms with Gasteiger partial charge < -0.3 is 9.73 Å². The zero-order valence-electron chi connectivity index (χ0n) is 10.9. The number of halogens is 3. The fourth-order valence-corrected chi connectivity index (χ4v) is 1.76. The van der Waals surface area contributed by atoms with Gasteiger partial charge in [-0.3, -0.25) is 4.90 Å². The Bertz CT molecular complexity index is 374. The second kappa shape index (κ2) is 6.24.